The van der Waals surface area contributed by atoms with Gasteiger partial charge < -0.3 is 20.1 Å². The summed E-state index contributed by atoms with van der Waals surface area (Å²) in [6.07, 6.45) is 2.10. The summed E-state index contributed by atoms with van der Waals surface area (Å²) >= 11 is 0. The Morgan fingerprint density at radius 1 is 1.09 bits per heavy atom. The molecule has 1 aromatic rings. The van der Waals surface area contributed by atoms with E-state index < -0.39 is 23.8 Å². The zero-order valence-corrected chi connectivity index (χ0v) is 21.1. The van der Waals surface area contributed by atoms with Crippen LogP contribution in [0.15, 0.2) is 30.3 Å². The molecule has 0 spiro atoms. The van der Waals surface area contributed by atoms with Gasteiger partial charge in [0.2, 0.25) is 5.91 Å². The van der Waals surface area contributed by atoms with Crippen LogP contribution in [0.25, 0.3) is 0 Å². The summed E-state index contributed by atoms with van der Waals surface area (Å²) in [6.45, 7) is 14.3. The van der Waals surface area contributed by atoms with E-state index >= 15 is 0 Å². The second kappa shape index (κ2) is 13.5. The summed E-state index contributed by atoms with van der Waals surface area (Å²) in [4.78, 5) is 27.4. The highest BCUT2D eigenvalue weighted by Gasteiger charge is 2.30. The van der Waals surface area contributed by atoms with Crippen LogP contribution < -0.4 is 5.32 Å². The predicted molar refractivity (Wildman–Crippen MR) is 130 cm³/mol. The number of hydrogen-bond acceptors (Lipinski definition) is 4. The molecule has 0 fully saturated rings. The summed E-state index contributed by atoms with van der Waals surface area (Å²) in [5, 5.41) is 13.9. The number of hydrogen-bond donors (Lipinski definition) is 2. The first-order chi connectivity index (χ1) is 14.9. The molecule has 0 aromatic heterocycles. The minimum atomic E-state index is -0.890. The lowest BCUT2D eigenvalue weighted by molar-refractivity contribution is -0.134. The Hall–Kier alpha value is -2.08. The third-order valence-electron chi connectivity index (χ3n) is 5.31. The number of carbonyl (C=O) groups excluding carboxylic acids is 2. The number of carbonyl (C=O) groups is 2. The van der Waals surface area contributed by atoms with Gasteiger partial charge in [-0.1, -0.05) is 63.9 Å². The Morgan fingerprint density at radius 3 is 2.25 bits per heavy atom. The van der Waals surface area contributed by atoms with Crippen molar-refractivity contribution in [1.82, 2.24) is 10.2 Å². The van der Waals surface area contributed by atoms with Crippen LogP contribution in [0.2, 0.25) is 0 Å². The molecule has 0 saturated heterocycles. The molecule has 0 heterocycles. The second-order valence-electron chi connectivity index (χ2n) is 10.1. The molecule has 2 unspecified atom stereocenters. The number of benzene rings is 1. The van der Waals surface area contributed by atoms with Gasteiger partial charge >= 0.3 is 6.09 Å². The summed E-state index contributed by atoms with van der Waals surface area (Å²) in [5.41, 5.74) is 0.336. The van der Waals surface area contributed by atoms with Crippen LogP contribution in [0, 0.1) is 5.92 Å². The molecule has 1 aromatic carbocycles. The smallest absolute Gasteiger partial charge is 0.407 e. The molecular weight excluding hydrogens is 404 g/mol. The predicted octanol–water partition coefficient (Wildman–Crippen LogP) is 5.11. The number of aliphatic hydroxyl groups is 1. The van der Waals surface area contributed by atoms with Gasteiger partial charge in [0.15, 0.2) is 0 Å². The molecule has 182 valence electrons. The maximum absolute atomic E-state index is 13.3. The lowest BCUT2D eigenvalue weighted by Gasteiger charge is -2.33. The molecule has 32 heavy (non-hydrogen) atoms. The number of ether oxygens (including phenoxy) is 1. The van der Waals surface area contributed by atoms with Crippen LogP contribution in [-0.4, -0.2) is 52.8 Å². The average molecular weight is 449 g/mol. The van der Waals surface area contributed by atoms with Gasteiger partial charge in [-0.05, 0) is 52.0 Å². The third-order valence-corrected chi connectivity index (χ3v) is 5.31. The fourth-order valence-corrected chi connectivity index (χ4v) is 3.63. The first-order valence-electron chi connectivity index (χ1n) is 12.0. The second-order valence-corrected chi connectivity index (χ2v) is 10.1. The van der Waals surface area contributed by atoms with Crippen molar-refractivity contribution in [2.45, 2.75) is 97.8 Å². The van der Waals surface area contributed by atoms with E-state index in [0.717, 1.165) is 24.8 Å². The van der Waals surface area contributed by atoms with Crippen molar-refractivity contribution in [2.24, 2.45) is 5.92 Å². The molecule has 6 heteroatoms. The number of nitrogens with one attached hydrogen (secondary N) is 1. The number of amides is 2. The van der Waals surface area contributed by atoms with Gasteiger partial charge in [-0.15, -0.1) is 0 Å². The quantitative estimate of drug-likeness (QED) is 0.436. The zero-order chi connectivity index (χ0) is 24.3. The van der Waals surface area contributed by atoms with Gasteiger partial charge in [0, 0.05) is 13.1 Å². The largest absolute Gasteiger partial charge is 0.444 e. The van der Waals surface area contributed by atoms with Gasteiger partial charge in [0.25, 0.3) is 0 Å². The molecule has 0 aliphatic heterocycles. The van der Waals surface area contributed by atoms with E-state index in [0.29, 0.717) is 13.0 Å². The lowest BCUT2D eigenvalue weighted by atomic mass is 9.97. The van der Waals surface area contributed by atoms with Crippen molar-refractivity contribution >= 4 is 12.0 Å². The zero-order valence-electron chi connectivity index (χ0n) is 21.1. The molecule has 0 bridgehead atoms. The monoisotopic (exact) mass is 448 g/mol. The number of alkyl carbamates (subject to hydrolysis) is 1. The van der Waals surface area contributed by atoms with Crippen molar-refractivity contribution in [3.05, 3.63) is 35.9 Å². The number of unbranched alkanes of at least 4 members (excludes halogenated alkanes) is 2. The van der Waals surface area contributed by atoms with Crippen LogP contribution in [-0.2, 0) is 9.53 Å². The lowest BCUT2D eigenvalue weighted by Crippen LogP contribution is -2.51. The van der Waals surface area contributed by atoms with Crippen molar-refractivity contribution in [2.75, 3.05) is 13.1 Å². The maximum Gasteiger partial charge on any atom is 0.407 e. The highest BCUT2D eigenvalue weighted by molar-refractivity contribution is 5.83. The highest BCUT2D eigenvalue weighted by Crippen LogP contribution is 2.20. The molecule has 0 radical (unpaired) electrons. The summed E-state index contributed by atoms with van der Waals surface area (Å²) in [6, 6.07) is 9.20. The van der Waals surface area contributed by atoms with Crippen molar-refractivity contribution in [1.29, 1.82) is 0 Å². The van der Waals surface area contributed by atoms with Crippen LogP contribution in [0.3, 0.4) is 0 Å². The van der Waals surface area contributed by atoms with E-state index in [1.807, 2.05) is 51.1 Å². The minimum absolute atomic E-state index is 0.00748. The van der Waals surface area contributed by atoms with Crippen LogP contribution in [0.4, 0.5) is 4.79 Å². The van der Waals surface area contributed by atoms with Crippen LogP contribution >= 0.6 is 0 Å². The minimum Gasteiger partial charge on any atom is -0.444 e. The molecule has 2 N–H and O–H groups in total. The fourth-order valence-electron chi connectivity index (χ4n) is 3.63. The average Bonchev–Trinajstić information content (AvgIpc) is 2.70. The number of aliphatic hydroxyl groups excluding tert-OH is 1. The van der Waals surface area contributed by atoms with Gasteiger partial charge in [-0.3, -0.25) is 4.79 Å². The van der Waals surface area contributed by atoms with E-state index in [1.165, 1.54) is 0 Å². The van der Waals surface area contributed by atoms with Gasteiger partial charge in [-0.25, -0.2) is 4.79 Å². The van der Waals surface area contributed by atoms with Gasteiger partial charge in [0.05, 0.1) is 18.1 Å². The molecule has 3 atom stereocenters. The van der Waals surface area contributed by atoms with E-state index in [1.54, 1.807) is 25.7 Å². The summed E-state index contributed by atoms with van der Waals surface area (Å²) in [5.74, 6) is -0.0450. The fraction of sp³-hybridized carbons (Fsp3) is 0.692. The number of nitrogens with zero attached hydrogens (tertiary/aromatic N) is 1. The SMILES string of the molecule is CCCCCN(CC(O)[C@H](CC(C)C)NC(=O)OC(C)(C)C)C(=O)C(C)c1ccccc1. The molecular formula is C26H44N2O4. The normalized spacial score (nSPS) is 14.5. The summed E-state index contributed by atoms with van der Waals surface area (Å²) < 4.78 is 5.39. The van der Waals surface area contributed by atoms with Gasteiger partial charge in [-0.2, -0.15) is 0 Å². The number of rotatable bonds is 12. The van der Waals surface area contributed by atoms with Crippen LogP contribution in [0.1, 0.15) is 85.6 Å². The Bertz CT molecular complexity index is 685. The van der Waals surface area contributed by atoms with Crippen molar-refractivity contribution in [3.63, 3.8) is 0 Å². The first-order valence-corrected chi connectivity index (χ1v) is 12.0. The maximum atomic E-state index is 13.3. The Kier molecular flexibility index (Phi) is 11.8. The molecule has 6 nitrogen and oxygen atoms in total. The van der Waals surface area contributed by atoms with Crippen molar-refractivity contribution < 1.29 is 19.4 Å². The van der Waals surface area contributed by atoms with E-state index in [9.17, 15) is 14.7 Å². The third kappa shape index (κ3) is 10.5. The Morgan fingerprint density at radius 2 is 1.72 bits per heavy atom. The molecule has 0 saturated carbocycles. The molecule has 0 aliphatic rings. The van der Waals surface area contributed by atoms with E-state index in [-0.39, 0.29) is 24.3 Å². The first kappa shape index (κ1) is 28.0. The Balaban J connectivity index is 2.96. The Labute approximate surface area is 194 Å². The van der Waals surface area contributed by atoms with Crippen LogP contribution in [0.5, 0.6) is 0 Å². The molecule has 2 amide bonds. The summed E-state index contributed by atoms with van der Waals surface area (Å²) in [7, 11) is 0. The molecule has 0 aliphatic carbocycles. The standard InChI is InChI=1S/C26H44N2O4/c1-8-9-13-16-28(24(30)20(4)21-14-11-10-12-15-21)18-23(29)22(17-19(2)3)27-25(31)32-26(5,6)7/h10-12,14-15,19-20,22-23,29H,8-9,13,16-18H2,1-7H3,(H,27,31)/t20?,22-,23?/m0/s1. The topological polar surface area (TPSA) is 78.9 Å². The van der Waals surface area contributed by atoms with Crippen molar-refractivity contribution in [3.8, 4) is 0 Å². The van der Waals surface area contributed by atoms with E-state index in [4.69, 9.17) is 4.74 Å². The van der Waals surface area contributed by atoms with E-state index in [2.05, 4.69) is 12.2 Å². The van der Waals surface area contributed by atoms with Gasteiger partial charge in [0.1, 0.15) is 5.60 Å². The molecule has 1 rings (SSSR count). The highest BCUT2D eigenvalue weighted by atomic mass is 16.6.